The van der Waals surface area contributed by atoms with Crippen LogP contribution in [0.1, 0.15) is 18.4 Å². The van der Waals surface area contributed by atoms with Gasteiger partial charge >= 0.3 is 0 Å². The number of aryl methyl sites for hydroxylation is 1. The van der Waals surface area contributed by atoms with Crippen LogP contribution in [0.5, 0.6) is 5.75 Å². The second-order valence-corrected chi connectivity index (χ2v) is 6.51. The molecular formula is C11H15ClO3S. The van der Waals surface area contributed by atoms with E-state index < -0.39 is 9.05 Å². The molecule has 0 N–H and O–H groups in total. The maximum absolute atomic E-state index is 10.6. The fourth-order valence-electron chi connectivity index (χ4n) is 1.20. The fraction of sp³-hybridized carbons (Fsp3) is 0.455. The molecule has 0 heterocycles. The Balaban J connectivity index is 2.19. The summed E-state index contributed by atoms with van der Waals surface area (Å²) in [7, 11) is 1.72. The summed E-state index contributed by atoms with van der Waals surface area (Å²) in [5, 5.41) is 0. The molecule has 0 aliphatic heterocycles. The van der Waals surface area contributed by atoms with Crippen LogP contribution < -0.4 is 4.74 Å². The van der Waals surface area contributed by atoms with E-state index in [4.69, 9.17) is 15.4 Å². The highest BCUT2D eigenvalue weighted by atomic mass is 35.7. The molecule has 0 saturated heterocycles. The van der Waals surface area contributed by atoms with Gasteiger partial charge in [0.2, 0.25) is 9.05 Å². The number of ether oxygens (including phenoxy) is 1. The van der Waals surface area contributed by atoms with Gasteiger partial charge in [0, 0.05) is 10.7 Å². The molecule has 0 aliphatic carbocycles. The maximum atomic E-state index is 10.6. The summed E-state index contributed by atoms with van der Waals surface area (Å²) >= 11 is 0. The highest BCUT2D eigenvalue weighted by Gasteiger charge is 2.03. The van der Waals surface area contributed by atoms with E-state index in [0.29, 0.717) is 19.4 Å². The highest BCUT2D eigenvalue weighted by molar-refractivity contribution is 8.13. The zero-order valence-corrected chi connectivity index (χ0v) is 10.7. The molecule has 0 amide bonds. The van der Waals surface area contributed by atoms with Crippen LogP contribution in [0.25, 0.3) is 0 Å². The lowest BCUT2D eigenvalue weighted by molar-refractivity contribution is 0.309. The van der Waals surface area contributed by atoms with E-state index in [0.717, 1.165) is 5.75 Å². The van der Waals surface area contributed by atoms with Crippen molar-refractivity contribution in [3.8, 4) is 5.75 Å². The van der Waals surface area contributed by atoms with E-state index in [1.165, 1.54) is 5.56 Å². The average molecular weight is 263 g/mol. The Hall–Kier alpha value is -0.740. The lowest BCUT2D eigenvalue weighted by Crippen LogP contribution is -2.02. The van der Waals surface area contributed by atoms with Crippen molar-refractivity contribution in [1.82, 2.24) is 0 Å². The summed E-state index contributed by atoms with van der Waals surface area (Å²) in [6.45, 7) is 2.52. The molecule has 0 atom stereocenters. The summed E-state index contributed by atoms with van der Waals surface area (Å²) in [4.78, 5) is 0. The number of halogens is 1. The van der Waals surface area contributed by atoms with Crippen molar-refractivity contribution in [2.75, 3.05) is 12.4 Å². The molecule has 0 saturated carbocycles. The third kappa shape index (κ3) is 5.98. The summed E-state index contributed by atoms with van der Waals surface area (Å²) < 4.78 is 26.7. The van der Waals surface area contributed by atoms with Crippen LogP contribution >= 0.6 is 10.7 Å². The van der Waals surface area contributed by atoms with Crippen molar-refractivity contribution in [3.05, 3.63) is 29.8 Å². The van der Waals surface area contributed by atoms with Crippen LogP contribution in [-0.4, -0.2) is 20.8 Å². The molecule has 3 nitrogen and oxygen atoms in total. The molecule has 0 unspecified atom stereocenters. The minimum Gasteiger partial charge on any atom is -0.494 e. The first kappa shape index (κ1) is 13.3. The standard InChI is InChI=1S/C11H15ClO3S/c1-10-4-6-11(7-5-10)15-8-2-3-9-16(12,13)14/h4-7H,2-3,8-9H2,1H3. The predicted molar refractivity (Wildman–Crippen MR) is 65.5 cm³/mol. The van der Waals surface area contributed by atoms with Gasteiger partial charge in [-0.25, -0.2) is 8.42 Å². The normalized spacial score (nSPS) is 11.4. The summed E-state index contributed by atoms with van der Waals surface area (Å²) in [6, 6.07) is 7.73. The Bertz CT molecular complexity index is 411. The zero-order valence-electron chi connectivity index (χ0n) is 9.15. The van der Waals surface area contributed by atoms with Crippen LogP contribution in [0.4, 0.5) is 0 Å². The molecule has 0 radical (unpaired) electrons. The van der Waals surface area contributed by atoms with Gasteiger partial charge in [-0.1, -0.05) is 17.7 Å². The zero-order chi connectivity index (χ0) is 12.0. The molecule has 1 rings (SSSR count). The van der Waals surface area contributed by atoms with Gasteiger partial charge < -0.3 is 4.74 Å². The van der Waals surface area contributed by atoms with Gasteiger partial charge in [-0.3, -0.25) is 0 Å². The number of unbranched alkanes of at least 4 members (excludes halogenated alkanes) is 1. The summed E-state index contributed by atoms with van der Waals surface area (Å²) in [6.07, 6.45) is 1.21. The van der Waals surface area contributed by atoms with Crippen molar-refractivity contribution >= 4 is 19.7 Å². The van der Waals surface area contributed by atoms with Crippen molar-refractivity contribution in [3.63, 3.8) is 0 Å². The minimum atomic E-state index is -3.36. The molecule has 0 spiro atoms. The number of benzene rings is 1. The molecule has 0 bridgehead atoms. The van der Waals surface area contributed by atoms with Crippen LogP contribution in [-0.2, 0) is 9.05 Å². The minimum absolute atomic E-state index is 0.00577. The fourth-order valence-corrected chi connectivity index (χ4v) is 2.08. The summed E-state index contributed by atoms with van der Waals surface area (Å²) in [5.41, 5.74) is 1.18. The second kappa shape index (κ2) is 6.11. The topological polar surface area (TPSA) is 43.4 Å². The smallest absolute Gasteiger partial charge is 0.232 e. The first-order chi connectivity index (χ1) is 7.47. The highest BCUT2D eigenvalue weighted by Crippen LogP contribution is 2.12. The molecular weight excluding hydrogens is 248 g/mol. The van der Waals surface area contributed by atoms with Gasteiger partial charge in [0.25, 0.3) is 0 Å². The summed E-state index contributed by atoms with van der Waals surface area (Å²) in [5.74, 6) is 0.811. The Labute approximate surface area is 101 Å². The first-order valence-electron chi connectivity index (χ1n) is 5.09. The maximum Gasteiger partial charge on any atom is 0.232 e. The van der Waals surface area contributed by atoms with Crippen LogP contribution in [0.3, 0.4) is 0 Å². The molecule has 0 aromatic heterocycles. The van der Waals surface area contributed by atoms with Gasteiger partial charge in [0.1, 0.15) is 5.75 Å². The Kier molecular flexibility index (Phi) is 5.09. The SMILES string of the molecule is Cc1ccc(OCCCCS(=O)(=O)Cl)cc1. The van der Waals surface area contributed by atoms with E-state index in [9.17, 15) is 8.42 Å². The third-order valence-electron chi connectivity index (χ3n) is 2.07. The monoisotopic (exact) mass is 262 g/mol. The van der Waals surface area contributed by atoms with Gasteiger partial charge in [0.15, 0.2) is 0 Å². The number of hydrogen-bond acceptors (Lipinski definition) is 3. The van der Waals surface area contributed by atoms with Crippen molar-refractivity contribution in [1.29, 1.82) is 0 Å². The number of hydrogen-bond donors (Lipinski definition) is 0. The second-order valence-electron chi connectivity index (χ2n) is 3.61. The van der Waals surface area contributed by atoms with E-state index in [2.05, 4.69) is 0 Å². The predicted octanol–water partition coefficient (Wildman–Crippen LogP) is 2.72. The first-order valence-corrected chi connectivity index (χ1v) is 7.57. The van der Waals surface area contributed by atoms with Crippen LogP contribution in [0, 0.1) is 6.92 Å². The molecule has 5 heteroatoms. The molecule has 16 heavy (non-hydrogen) atoms. The van der Waals surface area contributed by atoms with Gasteiger partial charge in [-0.05, 0) is 31.9 Å². The van der Waals surface area contributed by atoms with Gasteiger partial charge in [-0.2, -0.15) is 0 Å². The average Bonchev–Trinajstić information content (AvgIpc) is 2.19. The van der Waals surface area contributed by atoms with Crippen molar-refractivity contribution in [2.45, 2.75) is 19.8 Å². The molecule has 0 aliphatic rings. The molecule has 1 aromatic carbocycles. The van der Waals surface area contributed by atoms with Gasteiger partial charge in [0.05, 0.1) is 12.4 Å². The number of rotatable bonds is 6. The largest absolute Gasteiger partial charge is 0.494 e. The Morgan fingerprint density at radius 1 is 1.19 bits per heavy atom. The Morgan fingerprint density at radius 2 is 1.81 bits per heavy atom. The Morgan fingerprint density at radius 3 is 2.38 bits per heavy atom. The lowest BCUT2D eigenvalue weighted by atomic mass is 10.2. The van der Waals surface area contributed by atoms with E-state index in [-0.39, 0.29) is 5.75 Å². The van der Waals surface area contributed by atoms with Crippen molar-refractivity contribution < 1.29 is 13.2 Å². The lowest BCUT2D eigenvalue weighted by Gasteiger charge is -2.05. The third-order valence-corrected chi connectivity index (χ3v) is 3.31. The van der Waals surface area contributed by atoms with E-state index in [1.54, 1.807) is 0 Å². The van der Waals surface area contributed by atoms with Crippen LogP contribution in [0.2, 0.25) is 0 Å². The van der Waals surface area contributed by atoms with Crippen LogP contribution in [0.15, 0.2) is 24.3 Å². The molecule has 0 fully saturated rings. The van der Waals surface area contributed by atoms with E-state index >= 15 is 0 Å². The van der Waals surface area contributed by atoms with Crippen molar-refractivity contribution in [2.24, 2.45) is 0 Å². The van der Waals surface area contributed by atoms with E-state index in [1.807, 2.05) is 31.2 Å². The molecule has 90 valence electrons. The quantitative estimate of drug-likeness (QED) is 0.585. The van der Waals surface area contributed by atoms with Gasteiger partial charge in [-0.15, -0.1) is 0 Å². The molecule has 1 aromatic rings.